The van der Waals surface area contributed by atoms with E-state index in [2.05, 4.69) is 21.4 Å². The van der Waals surface area contributed by atoms with Crippen LogP contribution in [0.15, 0.2) is 60.7 Å². The van der Waals surface area contributed by atoms with E-state index in [1.807, 2.05) is 46.2 Å². The fraction of sp³-hybridized carbons (Fsp3) is 0.489. The number of anilines is 2. The zero-order chi connectivity index (χ0) is 43.3. The fourth-order valence-electron chi connectivity index (χ4n) is 8.90. The van der Waals surface area contributed by atoms with Crippen LogP contribution >= 0.6 is 0 Å². The lowest BCUT2D eigenvalue weighted by molar-refractivity contribution is -0.138. The van der Waals surface area contributed by atoms with Gasteiger partial charge in [0, 0.05) is 73.6 Å². The topological polar surface area (TPSA) is 132 Å². The number of rotatable bonds is 13. The van der Waals surface area contributed by atoms with Crippen LogP contribution in [-0.2, 0) is 15.7 Å². The lowest BCUT2D eigenvalue weighted by atomic mass is 9.84. The van der Waals surface area contributed by atoms with Crippen LogP contribution in [-0.4, -0.2) is 85.2 Å². The molecule has 61 heavy (non-hydrogen) atoms. The maximum absolute atomic E-state index is 13.7. The summed E-state index contributed by atoms with van der Waals surface area (Å²) in [4.78, 5) is 39.9. The molecular weight excluding hydrogens is 786 g/mol. The van der Waals surface area contributed by atoms with E-state index in [4.69, 9.17) is 19.9 Å². The summed E-state index contributed by atoms with van der Waals surface area (Å²) in [7, 11) is 3.23. The number of benzene rings is 3. The molecule has 3 aliphatic rings. The quantitative estimate of drug-likeness (QED) is 0.1000. The first kappa shape index (κ1) is 43.7. The molecule has 2 atom stereocenters. The van der Waals surface area contributed by atoms with Crippen LogP contribution in [0.4, 0.5) is 24.7 Å². The van der Waals surface area contributed by atoms with Crippen LogP contribution < -0.4 is 20.5 Å². The van der Waals surface area contributed by atoms with E-state index in [0.717, 1.165) is 93.7 Å². The molecule has 1 aliphatic carbocycles. The lowest BCUT2D eigenvalue weighted by Gasteiger charge is -2.35. The van der Waals surface area contributed by atoms with Gasteiger partial charge < -0.3 is 35.1 Å². The van der Waals surface area contributed by atoms with Crippen molar-refractivity contribution in [2.75, 3.05) is 64.7 Å². The van der Waals surface area contributed by atoms with E-state index in [-0.39, 0.29) is 23.4 Å². The van der Waals surface area contributed by atoms with Crippen molar-refractivity contribution in [2.24, 2.45) is 17.8 Å². The largest absolute Gasteiger partial charge is 0.497 e. The first-order valence-corrected chi connectivity index (χ1v) is 21.4. The molecule has 326 valence electrons. The Morgan fingerprint density at radius 1 is 0.902 bits per heavy atom. The Balaban J connectivity index is 0.885. The second kappa shape index (κ2) is 19.1. The number of aryl methyl sites for hydroxylation is 1. The number of alkyl halides is 3. The highest BCUT2D eigenvalue weighted by atomic mass is 19.4. The van der Waals surface area contributed by atoms with Crippen molar-refractivity contribution in [3.05, 3.63) is 88.8 Å². The number of nitrogens with zero attached hydrogens (tertiary/aromatic N) is 4. The molecule has 4 aromatic rings. The number of allylic oxidation sites excluding steroid dienone is 2. The predicted molar refractivity (Wildman–Crippen MR) is 230 cm³/mol. The van der Waals surface area contributed by atoms with Gasteiger partial charge in [0.05, 0.1) is 31.3 Å². The number of methoxy groups -OCH3 is 2. The van der Waals surface area contributed by atoms with Crippen LogP contribution in [0.3, 0.4) is 0 Å². The SMILES string of the molecule is COc1ccc(C(=O)N2CCC(COCCC3CCN(C(=O)C4CC=C(c5cc6c(N[C@H](C)c7cc(N)cc(C(F)(F)F)c7)nc(C)nc6cc5OC)CC4)CC3)CC2)cc1. The molecule has 7 rings (SSSR count). The zero-order valence-corrected chi connectivity index (χ0v) is 35.5. The van der Waals surface area contributed by atoms with E-state index < -0.39 is 17.8 Å². The number of amides is 2. The number of likely N-dealkylation sites (tertiary alicyclic amines) is 2. The van der Waals surface area contributed by atoms with Crippen molar-refractivity contribution in [2.45, 2.75) is 77.4 Å². The Morgan fingerprint density at radius 2 is 1.61 bits per heavy atom. The molecule has 1 unspecified atom stereocenters. The normalized spacial score (nSPS) is 18.5. The number of halogens is 3. The molecule has 1 aromatic heterocycles. The third-order valence-corrected chi connectivity index (χ3v) is 12.6. The van der Waals surface area contributed by atoms with Gasteiger partial charge in [-0.1, -0.05) is 6.08 Å². The van der Waals surface area contributed by atoms with Gasteiger partial charge in [-0.3, -0.25) is 9.59 Å². The van der Waals surface area contributed by atoms with Gasteiger partial charge in [0.25, 0.3) is 5.91 Å². The average molecular weight is 843 g/mol. The standard InChI is InChI=1S/C47H57F3N6O5/c1-29(36-23-37(47(48,49)50)25-38(51)24-36)52-44-41-26-40(43(60-4)27-42(41)53-30(2)54-44)33-5-7-34(8-6-33)45(57)55-18-13-31(14-19-55)17-22-61-28-32-15-20-56(21-16-32)46(58)35-9-11-39(59-3)12-10-35/h5,9-12,23-27,29,31-32,34H,6-8,13-22,28,51H2,1-4H3,(H,52,53,54)/t29-,34?/m1/s1. The van der Waals surface area contributed by atoms with Crippen molar-refractivity contribution in [1.29, 1.82) is 0 Å². The molecule has 2 amide bonds. The molecule has 14 heteroatoms. The first-order chi connectivity index (χ1) is 29.3. The van der Waals surface area contributed by atoms with Gasteiger partial charge in [-0.25, -0.2) is 9.97 Å². The molecule has 3 heterocycles. The summed E-state index contributed by atoms with van der Waals surface area (Å²) >= 11 is 0. The summed E-state index contributed by atoms with van der Waals surface area (Å²) in [5.41, 5.74) is 8.75. The molecule has 11 nitrogen and oxygen atoms in total. The molecule has 3 N–H and O–H groups in total. The van der Waals surface area contributed by atoms with E-state index in [9.17, 15) is 22.8 Å². The van der Waals surface area contributed by atoms with Gasteiger partial charge in [0.1, 0.15) is 23.1 Å². The Morgan fingerprint density at radius 3 is 2.26 bits per heavy atom. The number of nitrogens with two attached hydrogens (primary N) is 1. The fourth-order valence-corrected chi connectivity index (χ4v) is 8.90. The molecule has 0 bridgehead atoms. The van der Waals surface area contributed by atoms with Gasteiger partial charge in [-0.2, -0.15) is 13.2 Å². The van der Waals surface area contributed by atoms with Crippen LogP contribution in [0.1, 0.15) is 97.2 Å². The highest BCUT2D eigenvalue weighted by Gasteiger charge is 2.33. The third-order valence-electron chi connectivity index (χ3n) is 12.6. The highest BCUT2D eigenvalue weighted by molar-refractivity contribution is 5.95. The number of hydrogen-bond donors (Lipinski definition) is 2. The van der Waals surface area contributed by atoms with E-state index in [1.165, 1.54) is 6.07 Å². The van der Waals surface area contributed by atoms with Crippen molar-refractivity contribution in [3.8, 4) is 11.5 Å². The second-order valence-corrected chi connectivity index (χ2v) is 16.7. The Kier molecular flexibility index (Phi) is 13.7. The van der Waals surface area contributed by atoms with E-state index in [1.54, 1.807) is 28.1 Å². The van der Waals surface area contributed by atoms with Gasteiger partial charge in [0.2, 0.25) is 5.91 Å². The number of piperidine rings is 2. The summed E-state index contributed by atoms with van der Waals surface area (Å²) in [6, 6.07) is 14.1. The Hall–Kier alpha value is -5.37. The highest BCUT2D eigenvalue weighted by Crippen LogP contribution is 2.40. The van der Waals surface area contributed by atoms with Gasteiger partial charge in [0.15, 0.2) is 0 Å². The number of aromatic nitrogens is 2. The van der Waals surface area contributed by atoms with Gasteiger partial charge >= 0.3 is 6.18 Å². The maximum atomic E-state index is 13.7. The van der Waals surface area contributed by atoms with Crippen LogP contribution in [0.5, 0.6) is 11.5 Å². The number of nitrogen functional groups attached to an aromatic ring is 1. The number of ether oxygens (including phenoxy) is 3. The van der Waals surface area contributed by atoms with E-state index in [0.29, 0.717) is 77.3 Å². The van der Waals surface area contributed by atoms with Gasteiger partial charge in [-0.05, 0) is 137 Å². The second-order valence-electron chi connectivity index (χ2n) is 16.7. The minimum absolute atomic E-state index is 0.0306. The summed E-state index contributed by atoms with van der Waals surface area (Å²) in [6.45, 7) is 7.96. The summed E-state index contributed by atoms with van der Waals surface area (Å²) in [6.07, 6.45) is 4.46. The first-order valence-electron chi connectivity index (χ1n) is 21.4. The molecule has 3 aromatic carbocycles. The van der Waals surface area contributed by atoms with Crippen molar-refractivity contribution < 1.29 is 37.0 Å². The third kappa shape index (κ3) is 10.6. The summed E-state index contributed by atoms with van der Waals surface area (Å²) in [5, 5.41) is 4.02. The Bertz CT molecular complexity index is 2220. The number of carbonyl (C=O) groups is 2. The number of fused-ring (bicyclic) bond motifs is 1. The minimum atomic E-state index is -4.52. The average Bonchev–Trinajstić information content (AvgIpc) is 3.27. The number of hydrogen-bond acceptors (Lipinski definition) is 9. The van der Waals surface area contributed by atoms with E-state index >= 15 is 0 Å². The van der Waals surface area contributed by atoms with Crippen molar-refractivity contribution in [3.63, 3.8) is 0 Å². The molecule has 0 radical (unpaired) electrons. The zero-order valence-electron chi connectivity index (χ0n) is 35.5. The summed E-state index contributed by atoms with van der Waals surface area (Å²) in [5.74, 6) is 3.56. The van der Waals surface area contributed by atoms with Gasteiger partial charge in [-0.15, -0.1) is 0 Å². The molecule has 2 fully saturated rings. The Labute approximate surface area is 355 Å². The summed E-state index contributed by atoms with van der Waals surface area (Å²) < 4.78 is 57.9. The monoisotopic (exact) mass is 842 g/mol. The minimum Gasteiger partial charge on any atom is -0.497 e. The number of nitrogens with one attached hydrogen (secondary N) is 1. The number of carbonyl (C=O) groups excluding carboxylic acids is 2. The smallest absolute Gasteiger partial charge is 0.416 e. The molecule has 0 saturated carbocycles. The predicted octanol–water partition coefficient (Wildman–Crippen LogP) is 9.11. The molecular formula is C47H57F3N6O5. The van der Waals surface area contributed by atoms with Crippen LogP contribution in [0, 0.1) is 24.7 Å². The van der Waals surface area contributed by atoms with Crippen LogP contribution in [0.25, 0.3) is 16.5 Å². The van der Waals surface area contributed by atoms with Crippen molar-refractivity contribution >= 4 is 39.8 Å². The lowest BCUT2D eigenvalue weighted by Crippen LogP contribution is -2.42. The maximum Gasteiger partial charge on any atom is 0.416 e. The molecule has 2 aliphatic heterocycles. The molecule has 2 saturated heterocycles. The van der Waals surface area contributed by atoms with Crippen molar-refractivity contribution in [1.82, 2.24) is 19.8 Å². The van der Waals surface area contributed by atoms with Crippen LogP contribution in [0.2, 0.25) is 0 Å². The molecule has 0 spiro atoms.